The highest BCUT2D eigenvalue weighted by atomic mass is 19.4. The lowest BCUT2D eigenvalue weighted by atomic mass is 10.0. The van der Waals surface area contributed by atoms with E-state index < -0.39 is 12.7 Å². The van der Waals surface area contributed by atoms with Crippen molar-refractivity contribution in [2.24, 2.45) is 0 Å². The third kappa shape index (κ3) is 10.7. The van der Waals surface area contributed by atoms with Crippen molar-refractivity contribution in [2.75, 3.05) is 31.1 Å². The van der Waals surface area contributed by atoms with E-state index in [1.54, 1.807) is 19.3 Å². The van der Waals surface area contributed by atoms with E-state index in [2.05, 4.69) is 21.8 Å². The number of hydrogen-bond donors (Lipinski definition) is 0. The first kappa shape index (κ1) is 34.2. The van der Waals surface area contributed by atoms with Crippen LogP contribution in [0.4, 0.5) is 23.2 Å². The Hall–Kier alpha value is -3.01. The summed E-state index contributed by atoms with van der Waals surface area (Å²) in [6.45, 7) is 14.3. The van der Waals surface area contributed by atoms with Crippen LogP contribution < -0.4 is 4.90 Å². The van der Waals surface area contributed by atoms with E-state index in [-0.39, 0.29) is 17.6 Å². The molecule has 0 N–H and O–H groups in total. The summed E-state index contributed by atoms with van der Waals surface area (Å²) in [6.07, 6.45) is 5.76. The molecule has 1 fully saturated rings. The minimum absolute atomic E-state index is 0.113. The number of aromatic nitrogens is 3. The van der Waals surface area contributed by atoms with Gasteiger partial charge in [-0.05, 0) is 58.6 Å². The number of pyridine rings is 2. The highest BCUT2D eigenvalue weighted by Crippen LogP contribution is 2.27. The molecule has 1 aliphatic heterocycles. The van der Waals surface area contributed by atoms with Crippen molar-refractivity contribution < 1.29 is 22.4 Å². The summed E-state index contributed by atoms with van der Waals surface area (Å²) in [5.74, 6) is 0.123. The molecule has 0 unspecified atom stereocenters. The summed E-state index contributed by atoms with van der Waals surface area (Å²) in [5.41, 5.74) is 5.68. The van der Waals surface area contributed by atoms with Crippen LogP contribution in [0.5, 0.6) is 0 Å². The number of carbonyl (C=O) groups excluding carboxylic acids is 1. The Morgan fingerprint density at radius 3 is 2.34 bits per heavy atom. The molecule has 1 aliphatic rings. The fraction of sp³-hybridized carbons (Fsp3) is 0.581. The van der Waals surface area contributed by atoms with Crippen LogP contribution in [0.3, 0.4) is 0 Å². The molecule has 4 rings (SSSR count). The maximum Gasteiger partial charge on any atom is 0.401 e. The van der Waals surface area contributed by atoms with Crippen molar-refractivity contribution in [1.29, 1.82) is 0 Å². The van der Waals surface area contributed by atoms with E-state index >= 15 is 0 Å². The Balaban J connectivity index is 0.000000259. The number of aryl methyl sites for hydroxylation is 3. The Bertz CT molecular complexity index is 1260. The van der Waals surface area contributed by atoms with E-state index in [9.17, 15) is 22.4 Å². The minimum Gasteiger partial charge on any atom is -0.368 e. The van der Waals surface area contributed by atoms with Gasteiger partial charge in [-0.1, -0.05) is 27.2 Å². The standard InChI is InChI=1S/C16H24F3N3.C10H11FN2.C5H10O/c1-4-5-14-13(3)20-7-6-15(14)21-8-9-22(12(2)10-21)11-16(17,18)19;1-3-8-6-13-5-7(2)12-10(13)4-9(8)11;1-3-4-5(2)6/h6-7,12H,4-5,8-11H2,1-3H3;4-6H,3H2,1-2H3;3-4H2,1-2H3/t12-;;/m0../s1. The topological polar surface area (TPSA) is 53.7 Å². The third-order valence-corrected chi connectivity index (χ3v) is 6.96. The van der Waals surface area contributed by atoms with Crippen LogP contribution in [0.2, 0.25) is 0 Å². The van der Waals surface area contributed by atoms with Crippen molar-refractivity contribution in [3.05, 3.63) is 59.1 Å². The number of imidazole rings is 1. The minimum atomic E-state index is -4.13. The van der Waals surface area contributed by atoms with Gasteiger partial charge in [0, 0.05) is 73.7 Å². The number of piperazine rings is 1. The summed E-state index contributed by atoms with van der Waals surface area (Å²) in [5, 5.41) is 0. The van der Waals surface area contributed by atoms with E-state index in [1.807, 2.05) is 51.3 Å². The van der Waals surface area contributed by atoms with Crippen LogP contribution >= 0.6 is 0 Å². The van der Waals surface area contributed by atoms with Crippen LogP contribution in [0, 0.1) is 19.7 Å². The number of nitrogens with zero attached hydrogens (tertiary/aromatic N) is 5. The summed E-state index contributed by atoms with van der Waals surface area (Å²) < 4.78 is 52.9. The number of Topliss-reactive ketones (excluding diaryl/α,β-unsaturated/α-hetero) is 1. The second-order valence-corrected chi connectivity index (χ2v) is 10.6. The maximum atomic E-state index is 13.3. The smallest absolute Gasteiger partial charge is 0.368 e. The fourth-order valence-corrected chi connectivity index (χ4v) is 4.91. The molecule has 0 radical (unpaired) electrons. The van der Waals surface area contributed by atoms with Crippen molar-refractivity contribution in [3.63, 3.8) is 0 Å². The summed E-state index contributed by atoms with van der Waals surface area (Å²) in [7, 11) is 0. The highest BCUT2D eigenvalue weighted by Gasteiger charge is 2.35. The van der Waals surface area contributed by atoms with Gasteiger partial charge in [-0.25, -0.2) is 9.37 Å². The molecule has 10 heteroatoms. The zero-order valence-corrected chi connectivity index (χ0v) is 25.5. The number of rotatable bonds is 7. The Morgan fingerprint density at radius 2 is 1.80 bits per heavy atom. The molecule has 41 heavy (non-hydrogen) atoms. The van der Waals surface area contributed by atoms with Crippen LogP contribution in [0.1, 0.15) is 76.4 Å². The predicted octanol–water partition coefficient (Wildman–Crippen LogP) is 7.14. The molecule has 0 aromatic carbocycles. The number of hydrogen-bond acceptors (Lipinski definition) is 5. The first-order valence-electron chi connectivity index (χ1n) is 14.4. The van der Waals surface area contributed by atoms with Gasteiger partial charge in [0.05, 0.1) is 12.2 Å². The molecule has 6 nitrogen and oxygen atoms in total. The van der Waals surface area contributed by atoms with Gasteiger partial charge in [0.1, 0.15) is 17.2 Å². The normalized spacial score (nSPS) is 15.7. The lowest BCUT2D eigenvalue weighted by Gasteiger charge is -2.41. The molecule has 4 heterocycles. The van der Waals surface area contributed by atoms with Gasteiger partial charge >= 0.3 is 6.18 Å². The number of fused-ring (bicyclic) bond motifs is 1. The Morgan fingerprint density at radius 1 is 1.10 bits per heavy atom. The van der Waals surface area contributed by atoms with Crippen molar-refractivity contribution in [1.82, 2.24) is 19.3 Å². The second-order valence-electron chi connectivity index (χ2n) is 10.6. The zero-order chi connectivity index (χ0) is 30.7. The van der Waals surface area contributed by atoms with Crippen LogP contribution in [0.15, 0.2) is 30.7 Å². The number of alkyl halides is 3. The van der Waals surface area contributed by atoms with Gasteiger partial charge in [0.25, 0.3) is 0 Å². The van der Waals surface area contributed by atoms with Crippen molar-refractivity contribution in [3.8, 4) is 0 Å². The Kier molecular flexibility index (Phi) is 13.2. The molecule has 0 saturated carbocycles. The van der Waals surface area contributed by atoms with Crippen molar-refractivity contribution in [2.45, 2.75) is 92.8 Å². The largest absolute Gasteiger partial charge is 0.401 e. The maximum absolute atomic E-state index is 13.3. The van der Waals surface area contributed by atoms with E-state index in [0.29, 0.717) is 31.7 Å². The first-order valence-corrected chi connectivity index (χ1v) is 14.4. The number of ketones is 1. The molecule has 1 saturated heterocycles. The van der Waals surface area contributed by atoms with Gasteiger partial charge in [0.2, 0.25) is 0 Å². The van der Waals surface area contributed by atoms with Crippen LogP contribution in [0.25, 0.3) is 5.65 Å². The molecule has 0 bridgehead atoms. The lowest BCUT2D eigenvalue weighted by molar-refractivity contribution is -0.150. The quantitative estimate of drug-likeness (QED) is 0.279. The molecule has 1 atom stereocenters. The monoisotopic (exact) mass is 579 g/mol. The van der Waals surface area contributed by atoms with Gasteiger partial charge < -0.3 is 14.1 Å². The first-order chi connectivity index (χ1) is 19.3. The fourth-order valence-electron chi connectivity index (χ4n) is 4.91. The Labute approximate surface area is 241 Å². The van der Waals surface area contributed by atoms with Crippen LogP contribution in [-0.2, 0) is 17.6 Å². The average Bonchev–Trinajstić information content (AvgIpc) is 3.24. The average molecular weight is 580 g/mol. The predicted molar refractivity (Wildman–Crippen MR) is 157 cm³/mol. The van der Waals surface area contributed by atoms with Gasteiger partial charge in [-0.2, -0.15) is 13.2 Å². The SMILES string of the molecule is CCCC(C)=O.CCCc1c(N2CCN(CC(F)(F)F)[C@@H](C)C2)ccnc1C.CCc1cn2cc(C)nc2cc1F. The highest BCUT2D eigenvalue weighted by molar-refractivity contribution is 5.75. The molecule has 0 spiro atoms. The van der Waals surface area contributed by atoms with E-state index in [4.69, 9.17) is 0 Å². The number of anilines is 1. The van der Waals surface area contributed by atoms with Gasteiger partial charge in [0.15, 0.2) is 0 Å². The van der Waals surface area contributed by atoms with Gasteiger partial charge in [-0.15, -0.1) is 0 Å². The zero-order valence-electron chi connectivity index (χ0n) is 25.5. The number of halogens is 4. The van der Waals surface area contributed by atoms with Crippen LogP contribution in [-0.4, -0.2) is 63.4 Å². The number of carbonyl (C=O) groups is 1. The van der Waals surface area contributed by atoms with E-state index in [1.165, 1.54) is 16.5 Å². The third-order valence-electron chi connectivity index (χ3n) is 6.96. The van der Waals surface area contributed by atoms with Gasteiger partial charge in [-0.3, -0.25) is 9.88 Å². The molecule has 0 amide bonds. The summed E-state index contributed by atoms with van der Waals surface area (Å²) >= 11 is 0. The molecular weight excluding hydrogens is 534 g/mol. The summed E-state index contributed by atoms with van der Waals surface area (Å²) in [6, 6.07) is 3.36. The summed E-state index contributed by atoms with van der Waals surface area (Å²) in [4.78, 5) is 22.3. The molecule has 0 aliphatic carbocycles. The molecule has 3 aromatic heterocycles. The molecule has 228 valence electrons. The van der Waals surface area contributed by atoms with E-state index in [0.717, 1.165) is 48.3 Å². The van der Waals surface area contributed by atoms with Crippen molar-refractivity contribution >= 4 is 17.1 Å². The lowest BCUT2D eigenvalue weighted by Crippen LogP contribution is -2.54. The molecular formula is C31H45F4N5O. The molecule has 3 aromatic rings. The second kappa shape index (κ2) is 15.8.